The van der Waals surface area contributed by atoms with Gasteiger partial charge in [-0.05, 0) is 55.7 Å². The number of nitrogens with one attached hydrogen (secondary N) is 1. The Hall–Kier alpha value is -3.07. The molecule has 0 radical (unpaired) electrons. The first-order chi connectivity index (χ1) is 16.1. The van der Waals surface area contributed by atoms with Gasteiger partial charge in [-0.2, -0.15) is 0 Å². The number of rotatable bonds is 12. The molecule has 0 aromatic heterocycles. The molecular formula is C25H35N3O5S. The van der Waals surface area contributed by atoms with Gasteiger partial charge in [0.15, 0.2) is 0 Å². The largest absolute Gasteiger partial charge is 0.497 e. The smallest absolute Gasteiger partial charge is 0.244 e. The number of hydrogen-bond donors (Lipinski definition) is 1. The van der Waals surface area contributed by atoms with Gasteiger partial charge in [0.25, 0.3) is 0 Å². The first-order valence-electron chi connectivity index (χ1n) is 11.3. The summed E-state index contributed by atoms with van der Waals surface area (Å²) in [5.74, 6) is -0.137. The van der Waals surface area contributed by atoms with Crippen molar-refractivity contribution in [2.45, 2.75) is 46.2 Å². The highest BCUT2D eigenvalue weighted by Crippen LogP contribution is 2.21. The van der Waals surface area contributed by atoms with Crippen molar-refractivity contribution in [3.8, 4) is 5.75 Å². The van der Waals surface area contributed by atoms with E-state index in [-0.39, 0.29) is 12.5 Å². The highest BCUT2D eigenvalue weighted by molar-refractivity contribution is 7.92. The molecule has 1 atom stereocenters. The van der Waals surface area contributed by atoms with Crippen molar-refractivity contribution in [1.82, 2.24) is 10.2 Å². The maximum atomic E-state index is 13.5. The minimum Gasteiger partial charge on any atom is -0.497 e. The number of carbonyl (C=O) groups is 2. The first-order valence-corrected chi connectivity index (χ1v) is 13.2. The van der Waals surface area contributed by atoms with E-state index < -0.39 is 28.5 Å². The van der Waals surface area contributed by atoms with Crippen LogP contribution in [0.5, 0.6) is 5.75 Å². The van der Waals surface area contributed by atoms with Crippen molar-refractivity contribution in [1.29, 1.82) is 0 Å². The van der Waals surface area contributed by atoms with Gasteiger partial charge in [-0.15, -0.1) is 0 Å². The predicted molar refractivity (Wildman–Crippen MR) is 134 cm³/mol. The molecule has 0 saturated carbocycles. The summed E-state index contributed by atoms with van der Waals surface area (Å²) in [6.45, 7) is 5.75. The maximum Gasteiger partial charge on any atom is 0.244 e. The summed E-state index contributed by atoms with van der Waals surface area (Å²) in [6.07, 6.45) is 2.83. The molecule has 0 aliphatic carbocycles. The second-order valence-electron chi connectivity index (χ2n) is 8.30. The first kappa shape index (κ1) is 27.2. The van der Waals surface area contributed by atoms with Crippen molar-refractivity contribution >= 4 is 27.5 Å². The Kier molecular flexibility index (Phi) is 9.92. The second-order valence-corrected chi connectivity index (χ2v) is 10.2. The Bertz CT molecular complexity index is 1090. The maximum absolute atomic E-state index is 13.5. The van der Waals surface area contributed by atoms with Crippen LogP contribution < -0.4 is 14.4 Å². The van der Waals surface area contributed by atoms with Crippen molar-refractivity contribution < 1.29 is 22.7 Å². The fourth-order valence-corrected chi connectivity index (χ4v) is 4.32. The van der Waals surface area contributed by atoms with Gasteiger partial charge in [-0.25, -0.2) is 8.42 Å². The molecule has 2 amide bonds. The van der Waals surface area contributed by atoms with Gasteiger partial charge in [0.05, 0.1) is 19.1 Å². The summed E-state index contributed by atoms with van der Waals surface area (Å²) in [7, 11) is -2.19. The van der Waals surface area contributed by atoms with Gasteiger partial charge in [-0.1, -0.05) is 37.6 Å². The number of unbranched alkanes of at least 4 members (excludes halogenated alkanes) is 1. The molecule has 2 aromatic carbocycles. The molecule has 9 heteroatoms. The summed E-state index contributed by atoms with van der Waals surface area (Å²) in [6, 6.07) is 13.4. The number of sulfonamides is 1. The molecule has 34 heavy (non-hydrogen) atoms. The molecule has 0 saturated heterocycles. The molecule has 8 nitrogen and oxygen atoms in total. The van der Waals surface area contributed by atoms with Gasteiger partial charge in [-0.3, -0.25) is 13.9 Å². The minimum absolute atomic E-state index is 0.129. The molecule has 0 fully saturated rings. The van der Waals surface area contributed by atoms with E-state index in [1.165, 1.54) is 4.90 Å². The van der Waals surface area contributed by atoms with Crippen LogP contribution in [0.4, 0.5) is 5.69 Å². The minimum atomic E-state index is -3.75. The Morgan fingerprint density at radius 2 is 1.82 bits per heavy atom. The van der Waals surface area contributed by atoms with Crippen molar-refractivity contribution in [3.05, 3.63) is 59.7 Å². The highest BCUT2D eigenvalue weighted by atomic mass is 32.2. The van der Waals surface area contributed by atoms with Gasteiger partial charge in [0.1, 0.15) is 18.3 Å². The standard InChI is InChI=1S/C25H35N3O5S/c1-6-7-14-26-25(30)20(3)27(17-21-11-9-13-23(16-21)33-4)24(29)18-28(34(5,31)32)22-12-8-10-19(2)15-22/h8-13,15-16,20H,6-7,14,17-18H2,1-5H3,(H,26,30). The van der Waals surface area contributed by atoms with Crippen molar-refractivity contribution in [2.75, 3.05) is 30.8 Å². The van der Waals surface area contributed by atoms with Gasteiger partial charge < -0.3 is 15.0 Å². The van der Waals surface area contributed by atoms with E-state index in [9.17, 15) is 18.0 Å². The third kappa shape index (κ3) is 7.76. The number of nitrogens with zero attached hydrogens (tertiary/aromatic N) is 2. The Morgan fingerprint density at radius 1 is 1.12 bits per heavy atom. The van der Waals surface area contributed by atoms with Crippen LogP contribution in [0, 0.1) is 6.92 Å². The van der Waals surface area contributed by atoms with Crippen LogP contribution in [0.3, 0.4) is 0 Å². The number of ether oxygens (including phenoxy) is 1. The SMILES string of the molecule is CCCCNC(=O)C(C)N(Cc1cccc(OC)c1)C(=O)CN(c1cccc(C)c1)S(C)(=O)=O. The van der Waals surface area contributed by atoms with Crippen molar-refractivity contribution in [3.63, 3.8) is 0 Å². The summed E-state index contributed by atoms with van der Waals surface area (Å²) < 4.78 is 31.5. The van der Waals surface area contributed by atoms with Crippen LogP contribution in [0.15, 0.2) is 48.5 Å². The lowest BCUT2D eigenvalue weighted by Gasteiger charge is -2.31. The number of benzene rings is 2. The van der Waals surface area contributed by atoms with E-state index in [1.54, 1.807) is 50.4 Å². The quantitative estimate of drug-likeness (QED) is 0.462. The van der Waals surface area contributed by atoms with Gasteiger partial charge in [0.2, 0.25) is 21.8 Å². The molecule has 1 N–H and O–H groups in total. The normalized spacial score (nSPS) is 12.0. The number of carbonyl (C=O) groups excluding carboxylic acids is 2. The van der Waals surface area contributed by atoms with Crippen LogP contribution >= 0.6 is 0 Å². The lowest BCUT2D eigenvalue weighted by Crippen LogP contribution is -2.51. The summed E-state index contributed by atoms with van der Waals surface area (Å²) in [5.41, 5.74) is 2.04. The van der Waals surface area contributed by atoms with Crippen LogP contribution in [0.25, 0.3) is 0 Å². The Balaban J connectivity index is 2.36. The third-order valence-electron chi connectivity index (χ3n) is 5.45. The lowest BCUT2D eigenvalue weighted by molar-refractivity contribution is -0.139. The van der Waals surface area contributed by atoms with E-state index in [4.69, 9.17) is 4.74 Å². The van der Waals surface area contributed by atoms with Crippen LogP contribution in [-0.2, 0) is 26.2 Å². The third-order valence-corrected chi connectivity index (χ3v) is 6.59. The van der Waals surface area contributed by atoms with Gasteiger partial charge >= 0.3 is 0 Å². The van der Waals surface area contributed by atoms with Gasteiger partial charge in [0, 0.05) is 13.1 Å². The fourth-order valence-electron chi connectivity index (χ4n) is 3.48. The number of aryl methyl sites for hydroxylation is 1. The molecule has 0 heterocycles. The topological polar surface area (TPSA) is 96.0 Å². The second kappa shape index (κ2) is 12.4. The van der Waals surface area contributed by atoms with Crippen LogP contribution in [0.2, 0.25) is 0 Å². The average molecular weight is 490 g/mol. The molecule has 186 valence electrons. The molecule has 1 unspecified atom stereocenters. The zero-order valence-corrected chi connectivity index (χ0v) is 21.4. The van der Waals surface area contributed by atoms with E-state index in [1.807, 2.05) is 26.0 Å². The Labute approximate surface area is 202 Å². The zero-order chi connectivity index (χ0) is 25.3. The van der Waals surface area contributed by atoms with Crippen molar-refractivity contribution in [2.24, 2.45) is 0 Å². The Morgan fingerprint density at radius 3 is 2.44 bits per heavy atom. The van der Waals surface area contributed by atoms with E-state index in [0.717, 1.165) is 34.5 Å². The summed E-state index contributed by atoms with van der Waals surface area (Å²) in [5, 5.41) is 2.86. The number of amides is 2. The predicted octanol–water partition coefficient (Wildman–Crippen LogP) is 3.10. The van der Waals surface area contributed by atoms with Crippen LogP contribution in [-0.4, -0.2) is 57.6 Å². The molecule has 0 spiro atoms. The molecule has 0 aliphatic rings. The van der Waals surface area contributed by atoms with E-state index in [0.29, 0.717) is 18.0 Å². The lowest BCUT2D eigenvalue weighted by atomic mass is 10.1. The monoisotopic (exact) mass is 489 g/mol. The number of methoxy groups -OCH3 is 1. The molecular weight excluding hydrogens is 454 g/mol. The van der Waals surface area contributed by atoms with E-state index >= 15 is 0 Å². The zero-order valence-electron chi connectivity index (χ0n) is 20.6. The fraction of sp³-hybridized carbons (Fsp3) is 0.440. The molecule has 0 bridgehead atoms. The molecule has 2 aromatic rings. The van der Waals surface area contributed by atoms with E-state index in [2.05, 4.69) is 5.32 Å². The average Bonchev–Trinajstić information content (AvgIpc) is 2.79. The molecule has 0 aliphatic heterocycles. The summed E-state index contributed by atoms with van der Waals surface area (Å²) >= 11 is 0. The van der Waals surface area contributed by atoms with Crippen LogP contribution in [0.1, 0.15) is 37.8 Å². The highest BCUT2D eigenvalue weighted by Gasteiger charge is 2.30. The molecule has 2 rings (SSSR count). The number of hydrogen-bond acceptors (Lipinski definition) is 5. The number of anilines is 1. The summed E-state index contributed by atoms with van der Waals surface area (Å²) in [4.78, 5) is 27.7.